The Balaban J connectivity index is 1.62. The maximum absolute atomic E-state index is 12.1. The highest BCUT2D eigenvalue weighted by molar-refractivity contribution is 6.35. The number of amides is 1. The number of aromatic nitrogens is 2. The van der Waals surface area contributed by atoms with E-state index in [1.807, 2.05) is 24.3 Å². The highest BCUT2D eigenvalue weighted by Crippen LogP contribution is 2.22. The molecule has 0 bridgehead atoms. The second-order valence-corrected chi connectivity index (χ2v) is 6.10. The number of benzene rings is 2. The first-order valence-corrected chi connectivity index (χ1v) is 8.31. The van der Waals surface area contributed by atoms with Crippen molar-refractivity contribution in [3.8, 4) is 5.75 Å². The van der Waals surface area contributed by atoms with E-state index in [1.165, 1.54) is 0 Å². The van der Waals surface area contributed by atoms with E-state index in [9.17, 15) is 4.79 Å². The summed E-state index contributed by atoms with van der Waals surface area (Å²) in [4.78, 5) is 12.1. The monoisotopic (exact) mass is 375 g/mol. The molecule has 0 saturated heterocycles. The van der Waals surface area contributed by atoms with E-state index in [0.29, 0.717) is 28.2 Å². The maximum atomic E-state index is 12.1. The van der Waals surface area contributed by atoms with E-state index in [-0.39, 0.29) is 12.5 Å². The fourth-order valence-electron chi connectivity index (χ4n) is 2.22. The molecule has 0 aliphatic heterocycles. The van der Waals surface area contributed by atoms with Gasteiger partial charge in [0.05, 0.1) is 12.7 Å². The molecule has 0 fully saturated rings. The zero-order valence-electron chi connectivity index (χ0n) is 13.2. The molecule has 1 aromatic heterocycles. The zero-order valence-corrected chi connectivity index (χ0v) is 14.7. The molecule has 0 spiro atoms. The minimum Gasteiger partial charge on any atom is -0.484 e. The number of hydrogen-bond acceptors (Lipinski definition) is 3. The van der Waals surface area contributed by atoms with E-state index in [4.69, 9.17) is 27.9 Å². The molecule has 2 aromatic carbocycles. The summed E-state index contributed by atoms with van der Waals surface area (Å²) < 4.78 is 7.08. The van der Waals surface area contributed by atoms with Gasteiger partial charge >= 0.3 is 0 Å². The van der Waals surface area contributed by atoms with Crippen LogP contribution in [0.4, 0.5) is 5.82 Å². The molecule has 3 rings (SSSR count). The summed E-state index contributed by atoms with van der Waals surface area (Å²) in [6.07, 6.45) is 1.61. The van der Waals surface area contributed by atoms with E-state index >= 15 is 0 Å². The van der Waals surface area contributed by atoms with Crippen molar-refractivity contribution in [3.63, 3.8) is 0 Å². The predicted octanol–water partition coefficient (Wildman–Crippen LogP) is 4.26. The van der Waals surface area contributed by atoms with Crippen molar-refractivity contribution in [2.75, 3.05) is 11.9 Å². The van der Waals surface area contributed by atoms with Crippen LogP contribution in [0.5, 0.6) is 5.75 Å². The van der Waals surface area contributed by atoms with Gasteiger partial charge < -0.3 is 10.1 Å². The predicted molar refractivity (Wildman–Crippen MR) is 98.4 cm³/mol. The third-order valence-corrected chi connectivity index (χ3v) is 4.02. The minimum atomic E-state index is -0.271. The summed E-state index contributed by atoms with van der Waals surface area (Å²) in [5.41, 5.74) is 0.853. The third-order valence-electron chi connectivity index (χ3n) is 3.43. The Hall–Kier alpha value is -2.50. The van der Waals surface area contributed by atoms with Gasteiger partial charge in [-0.1, -0.05) is 47.5 Å². The van der Waals surface area contributed by atoms with Gasteiger partial charge in [0, 0.05) is 16.1 Å². The number of carbonyl (C=O) groups excluding carboxylic acids is 1. The Morgan fingerprint density at radius 1 is 1.12 bits per heavy atom. The van der Waals surface area contributed by atoms with Crippen LogP contribution in [-0.4, -0.2) is 22.3 Å². The van der Waals surface area contributed by atoms with Crippen molar-refractivity contribution >= 4 is 34.9 Å². The lowest BCUT2D eigenvalue weighted by molar-refractivity contribution is -0.118. The summed E-state index contributed by atoms with van der Waals surface area (Å²) >= 11 is 12.1. The molecular formula is C18H15Cl2N3O2. The average Bonchev–Trinajstić information content (AvgIpc) is 3.03. The molecule has 0 aliphatic carbocycles. The first-order valence-electron chi connectivity index (χ1n) is 7.55. The van der Waals surface area contributed by atoms with Gasteiger partial charge in [-0.25, -0.2) is 4.68 Å². The number of anilines is 1. The highest BCUT2D eigenvalue weighted by atomic mass is 35.5. The SMILES string of the molecule is O=C(COc1ccccc1)Nc1ccnn1Cc1ccc(Cl)cc1Cl. The fourth-order valence-corrected chi connectivity index (χ4v) is 2.69. The first kappa shape index (κ1) is 17.3. The number of ether oxygens (including phenoxy) is 1. The molecule has 0 saturated carbocycles. The van der Waals surface area contributed by atoms with Crippen molar-refractivity contribution in [1.82, 2.24) is 9.78 Å². The van der Waals surface area contributed by atoms with Crippen molar-refractivity contribution in [2.24, 2.45) is 0 Å². The smallest absolute Gasteiger partial charge is 0.263 e. The molecule has 0 radical (unpaired) electrons. The van der Waals surface area contributed by atoms with Gasteiger partial charge in [-0.3, -0.25) is 4.79 Å². The van der Waals surface area contributed by atoms with Crippen LogP contribution in [-0.2, 0) is 11.3 Å². The van der Waals surface area contributed by atoms with Crippen LogP contribution in [0.25, 0.3) is 0 Å². The largest absolute Gasteiger partial charge is 0.484 e. The van der Waals surface area contributed by atoms with Crippen LogP contribution in [0.15, 0.2) is 60.8 Å². The number of hydrogen-bond donors (Lipinski definition) is 1. The Morgan fingerprint density at radius 3 is 2.68 bits per heavy atom. The summed E-state index contributed by atoms with van der Waals surface area (Å²) in [7, 11) is 0. The molecule has 25 heavy (non-hydrogen) atoms. The number of rotatable bonds is 6. The molecular weight excluding hydrogens is 361 g/mol. The number of para-hydroxylation sites is 1. The second-order valence-electron chi connectivity index (χ2n) is 5.26. The summed E-state index contributed by atoms with van der Waals surface area (Å²) in [6.45, 7) is 0.328. The van der Waals surface area contributed by atoms with Crippen LogP contribution in [0, 0.1) is 0 Å². The van der Waals surface area contributed by atoms with Crippen molar-refractivity contribution in [1.29, 1.82) is 0 Å². The third kappa shape index (κ3) is 4.75. The van der Waals surface area contributed by atoms with Crippen molar-refractivity contribution in [2.45, 2.75) is 6.54 Å². The topological polar surface area (TPSA) is 56.1 Å². The van der Waals surface area contributed by atoms with E-state index in [2.05, 4.69) is 10.4 Å². The van der Waals surface area contributed by atoms with E-state index < -0.39 is 0 Å². The van der Waals surface area contributed by atoms with E-state index in [1.54, 1.807) is 41.2 Å². The van der Waals surface area contributed by atoms with Crippen LogP contribution in [0.1, 0.15) is 5.56 Å². The van der Waals surface area contributed by atoms with Gasteiger partial charge in [0.1, 0.15) is 11.6 Å². The molecule has 0 atom stereocenters. The second kappa shape index (κ2) is 8.05. The van der Waals surface area contributed by atoms with Crippen molar-refractivity contribution < 1.29 is 9.53 Å². The van der Waals surface area contributed by atoms with Crippen LogP contribution in [0.2, 0.25) is 10.0 Å². The molecule has 1 N–H and O–H groups in total. The van der Waals surface area contributed by atoms with Crippen LogP contribution < -0.4 is 10.1 Å². The fraction of sp³-hybridized carbons (Fsp3) is 0.111. The molecule has 0 unspecified atom stereocenters. The summed E-state index contributed by atoms with van der Waals surface area (Å²) in [5, 5.41) is 8.11. The quantitative estimate of drug-likeness (QED) is 0.700. The Kier molecular flexibility index (Phi) is 5.58. The minimum absolute atomic E-state index is 0.0864. The summed E-state index contributed by atoms with van der Waals surface area (Å²) in [6, 6.07) is 16.1. The zero-order chi connectivity index (χ0) is 17.6. The lowest BCUT2D eigenvalue weighted by Crippen LogP contribution is -2.22. The lowest BCUT2D eigenvalue weighted by atomic mass is 10.2. The Bertz CT molecular complexity index is 866. The lowest BCUT2D eigenvalue weighted by Gasteiger charge is -2.11. The van der Waals surface area contributed by atoms with Crippen molar-refractivity contribution in [3.05, 3.63) is 76.4 Å². The molecule has 7 heteroatoms. The molecule has 1 heterocycles. The molecule has 5 nitrogen and oxygen atoms in total. The van der Waals surface area contributed by atoms with Gasteiger partial charge in [-0.2, -0.15) is 5.10 Å². The first-order chi connectivity index (χ1) is 12.1. The number of carbonyl (C=O) groups is 1. The molecule has 0 aliphatic rings. The Morgan fingerprint density at radius 2 is 1.92 bits per heavy atom. The van der Waals surface area contributed by atoms with Crippen LogP contribution >= 0.6 is 23.2 Å². The summed E-state index contributed by atoms with van der Waals surface area (Å²) in [5.74, 6) is 0.930. The number of nitrogens with zero attached hydrogens (tertiary/aromatic N) is 2. The van der Waals surface area contributed by atoms with Gasteiger partial charge in [0.15, 0.2) is 6.61 Å². The maximum Gasteiger partial charge on any atom is 0.263 e. The standard InChI is InChI=1S/C18H15Cl2N3O2/c19-14-7-6-13(16(20)10-14)11-23-17(8-9-21-23)22-18(24)12-25-15-4-2-1-3-5-15/h1-10H,11-12H2,(H,22,24). The van der Waals surface area contributed by atoms with Gasteiger partial charge in [-0.15, -0.1) is 0 Å². The number of nitrogens with one attached hydrogen (secondary N) is 1. The Labute approximate surface area is 155 Å². The van der Waals surface area contributed by atoms with Gasteiger partial charge in [-0.05, 0) is 29.8 Å². The molecule has 128 valence electrons. The van der Waals surface area contributed by atoms with Gasteiger partial charge in [0.2, 0.25) is 0 Å². The van der Waals surface area contributed by atoms with Gasteiger partial charge in [0.25, 0.3) is 5.91 Å². The molecule has 3 aromatic rings. The molecule has 1 amide bonds. The number of halogens is 2. The van der Waals surface area contributed by atoms with E-state index in [0.717, 1.165) is 5.56 Å². The normalized spacial score (nSPS) is 10.5. The van der Waals surface area contributed by atoms with Crippen LogP contribution in [0.3, 0.4) is 0 Å². The average molecular weight is 376 g/mol. The highest BCUT2D eigenvalue weighted by Gasteiger charge is 2.10.